The highest BCUT2D eigenvalue weighted by Crippen LogP contribution is 2.32. The van der Waals surface area contributed by atoms with Crippen LogP contribution < -0.4 is 5.32 Å². The van der Waals surface area contributed by atoms with Crippen LogP contribution in [0, 0.1) is 6.92 Å². The highest BCUT2D eigenvalue weighted by atomic mass is 32.2. The molecule has 3 rings (SSSR count). The SMILES string of the molecule is Cc1ccccc1NC(=O)CCCN1C(=O)/C(=C/c2ccco2)SC1=S. The van der Waals surface area contributed by atoms with Crippen molar-refractivity contribution in [2.75, 3.05) is 11.9 Å². The molecular formula is C19H18N2O3S2. The fraction of sp³-hybridized carbons (Fsp3) is 0.211. The minimum atomic E-state index is -0.143. The molecule has 0 saturated carbocycles. The Morgan fingerprint density at radius 3 is 2.85 bits per heavy atom. The maximum atomic E-state index is 12.5. The number of carbonyl (C=O) groups is 2. The van der Waals surface area contributed by atoms with Gasteiger partial charge in [0.2, 0.25) is 5.91 Å². The van der Waals surface area contributed by atoms with E-state index in [1.165, 1.54) is 16.7 Å². The van der Waals surface area contributed by atoms with Crippen LogP contribution in [-0.4, -0.2) is 27.6 Å². The number of hydrogen-bond acceptors (Lipinski definition) is 5. The maximum absolute atomic E-state index is 12.5. The van der Waals surface area contributed by atoms with Gasteiger partial charge in [0.15, 0.2) is 0 Å². The Morgan fingerprint density at radius 1 is 1.31 bits per heavy atom. The van der Waals surface area contributed by atoms with Crippen molar-refractivity contribution in [2.45, 2.75) is 19.8 Å². The number of hydrogen-bond donors (Lipinski definition) is 1. The lowest BCUT2D eigenvalue weighted by molar-refractivity contribution is -0.122. The Morgan fingerprint density at radius 2 is 2.12 bits per heavy atom. The summed E-state index contributed by atoms with van der Waals surface area (Å²) >= 11 is 6.54. The predicted molar refractivity (Wildman–Crippen MR) is 108 cm³/mol. The second-order valence-corrected chi connectivity index (χ2v) is 7.49. The number of amides is 2. The fourth-order valence-electron chi connectivity index (χ4n) is 2.52. The van der Waals surface area contributed by atoms with E-state index in [1.807, 2.05) is 31.2 Å². The number of benzene rings is 1. The minimum Gasteiger partial charge on any atom is -0.465 e. The molecular weight excluding hydrogens is 368 g/mol. The molecule has 1 N–H and O–H groups in total. The Labute approximate surface area is 161 Å². The highest BCUT2D eigenvalue weighted by Gasteiger charge is 2.31. The minimum absolute atomic E-state index is 0.0733. The monoisotopic (exact) mass is 386 g/mol. The van der Waals surface area contributed by atoms with Crippen LogP contribution >= 0.6 is 24.0 Å². The second kappa shape index (κ2) is 8.33. The zero-order valence-electron chi connectivity index (χ0n) is 14.2. The number of furan rings is 1. The molecule has 1 aromatic carbocycles. The fourth-order valence-corrected chi connectivity index (χ4v) is 3.81. The molecule has 0 radical (unpaired) electrons. The van der Waals surface area contributed by atoms with Crippen LogP contribution in [0.1, 0.15) is 24.2 Å². The lowest BCUT2D eigenvalue weighted by Crippen LogP contribution is -2.29. The smallest absolute Gasteiger partial charge is 0.266 e. The first-order valence-corrected chi connectivity index (χ1v) is 9.41. The summed E-state index contributed by atoms with van der Waals surface area (Å²) < 4.78 is 5.74. The van der Waals surface area contributed by atoms with Gasteiger partial charge in [0, 0.05) is 24.7 Å². The van der Waals surface area contributed by atoms with E-state index in [9.17, 15) is 9.59 Å². The quantitative estimate of drug-likeness (QED) is 0.595. The molecule has 5 nitrogen and oxygen atoms in total. The van der Waals surface area contributed by atoms with E-state index >= 15 is 0 Å². The first-order valence-electron chi connectivity index (χ1n) is 8.19. The lowest BCUT2D eigenvalue weighted by atomic mass is 10.2. The largest absolute Gasteiger partial charge is 0.465 e. The van der Waals surface area contributed by atoms with Gasteiger partial charge in [0.05, 0.1) is 11.2 Å². The van der Waals surface area contributed by atoms with Crippen molar-refractivity contribution >= 4 is 51.9 Å². The Bertz CT molecular complexity index is 859. The summed E-state index contributed by atoms with van der Waals surface area (Å²) in [4.78, 5) is 26.6. The van der Waals surface area contributed by atoms with Gasteiger partial charge in [-0.3, -0.25) is 14.5 Å². The Kier molecular flexibility index (Phi) is 5.90. The molecule has 2 heterocycles. The summed E-state index contributed by atoms with van der Waals surface area (Å²) in [7, 11) is 0. The third-order valence-electron chi connectivity index (χ3n) is 3.89. The van der Waals surface area contributed by atoms with Gasteiger partial charge in [-0.1, -0.05) is 42.2 Å². The van der Waals surface area contributed by atoms with Gasteiger partial charge in [0.25, 0.3) is 5.91 Å². The van der Waals surface area contributed by atoms with Crippen molar-refractivity contribution in [2.24, 2.45) is 0 Å². The molecule has 1 aliphatic rings. The van der Waals surface area contributed by atoms with E-state index in [4.69, 9.17) is 16.6 Å². The van der Waals surface area contributed by atoms with Crippen LogP contribution in [0.25, 0.3) is 6.08 Å². The molecule has 26 heavy (non-hydrogen) atoms. The van der Waals surface area contributed by atoms with E-state index in [-0.39, 0.29) is 11.8 Å². The predicted octanol–water partition coefficient (Wildman–Crippen LogP) is 4.21. The van der Waals surface area contributed by atoms with Gasteiger partial charge in [-0.25, -0.2) is 0 Å². The van der Waals surface area contributed by atoms with E-state index in [0.29, 0.717) is 34.4 Å². The zero-order valence-corrected chi connectivity index (χ0v) is 15.9. The van der Waals surface area contributed by atoms with Crippen LogP contribution in [0.2, 0.25) is 0 Å². The van der Waals surface area contributed by atoms with Gasteiger partial charge < -0.3 is 9.73 Å². The molecule has 2 aromatic rings. The van der Waals surface area contributed by atoms with Crippen LogP contribution in [0.4, 0.5) is 5.69 Å². The normalized spacial score (nSPS) is 15.7. The van der Waals surface area contributed by atoms with Crippen LogP contribution in [0.3, 0.4) is 0 Å². The van der Waals surface area contributed by atoms with Gasteiger partial charge in [-0.05, 0) is 37.1 Å². The molecule has 1 aliphatic heterocycles. The number of carbonyl (C=O) groups excluding carboxylic acids is 2. The van der Waals surface area contributed by atoms with Gasteiger partial charge >= 0.3 is 0 Å². The summed E-state index contributed by atoms with van der Waals surface area (Å²) in [6.45, 7) is 2.36. The molecule has 0 aliphatic carbocycles. The average molecular weight is 386 g/mol. The summed E-state index contributed by atoms with van der Waals surface area (Å²) in [6, 6.07) is 11.2. The maximum Gasteiger partial charge on any atom is 0.266 e. The number of thiocarbonyl (C=S) groups is 1. The lowest BCUT2D eigenvalue weighted by Gasteiger charge is -2.14. The van der Waals surface area contributed by atoms with E-state index < -0.39 is 0 Å². The molecule has 0 spiro atoms. The van der Waals surface area contributed by atoms with Crippen molar-refractivity contribution in [1.29, 1.82) is 0 Å². The molecule has 1 fully saturated rings. The average Bonchev–Trinajstić information content (AvgIpc) is 3.21. The molecule has 7 heteroatoms. The summed E-state index contributed by atoms with van der Waals surface area (Å²) in [5.74, 6) is 0.398. The van der Waals surface area contributed by atoms with Crippen molar-refractivity contribution in [3.8, 4) is 0 Å². The van der Waals surface area contributed by atoms with Gasteiger partial charge in [-0.15, -0.1) is 0 Å². The van der Waals surface area contributed by atoms with Crippen LogP contribution in [0.15, 0.2) is 52.0 Å². The van der Waals surface area contributed by atoms with Crippen molar-refractivity contribution < 1.29 is 14.0 Å². The van der Waals surface area contributed by atoms with Gasteiger partial charge in [0.1, 0.15) is 10.1 Å². The van der Waals surface area contributed by atoms with Crippen LogP contribution in [-0.2, 0) is 9.59 Å². The topological polar surface area (TPSA) is 62.6 Å². The number of thioether (sulfide) groups is 1. The molecule has 1 saturated heterocycles. The first-order chi connectivity index (χ1) is 12.5. The first kappa shape index (κ1) is 18.4. The molecule has 134 valence electrons. The summed E-state index contributed by atoms with van der Waals surface area (Å²) in [6.07, 6.45) is 4.10. The summed E-state index contributed by atoms with van der Waals surface area (Å²) in [5, 5.41) is 2.89. The van der Waals surface area contributed by atoms with Crippen molar-refractivity contribution in [3.63, 3.8) is 0 Å². The van der Waals surface area contributed by atoms with Crippen molar-refractivity contribution in [1.82, 2.24) is 4.90 Å². The number of aryl methyl sites for hydroxylation is 1. The van der Waals surface area contributed by atoms with E-state index in [2.05, 4.69) is 5.32 Å². The molecule has 1 aromatic heterocycles. The number of anilines is 1. The van der Waals surface area contributed by atoms with Gasteiger partial charge in [-0.2, -0.15) is 0 Å². The molecule has 0 atom stereocenters. The molecule has 0 unspecified atom stereocenters. The van der Waals surface area contributed by atoms with Crippen molar-refractivity contribution in [3.05, 3.63) is 58.9 Å². The van der Waals surface area contributed by atoms with E-state index in [0.717, 1.165) is 11.3 Å². The number of nitrogens with zero attached hydrogens (tertiary/aromatic N) is 1. The third-order valence-corrected chi connectivity index (χ3v) is 5.27. The highest BCUT2D eigenvalue weighted by molar-refractivity contribution is 8.26. The zero-order chi connectivity index (χ0) is 18.5. The molecule has 2 amide bonds. The summed E-state index contributed by atoms with van der Waals surface area (Å²) in [5.41, 5.74) is 1.82. The third kappa shape index (κ3) is 4.42. The number of nitrogens with one attached hydrogen (secondary N) is 1. The number of rotatable bonds is 6. The second-order valence-electron chi connectivity index (χ2n) is 5.82. The standard InChI is InChI=1S/C19H18N2O3S2/c1-13-6-2-3-8-15(13)20-17(22)9-4-10-21-18(23)16(26-19(21)25)12-14-7-5-11-24-14/h2-3,5-8,11-12H,4,9-10H2,1H3,(H,20,22)/b16-12-. The Hall–Kier alpha value is -2.38. The van der Waals surface area contributed by atoms with E-state index in [1.54, 1.807) is 24.5 Å². The molecule has 0 bridgehead atoms. The Balaban J connectivity index is 1.52. The van der Waals surface area contributed by atoms with Crippen LogP contribution in [0.5, 0.6) is 0 Å². The number of para-hydroxylation sites is 1.